The van der Waals surface area contributed by atoms with E-state index in [1.807, 2.05) is 72.8 Å². The lowest BCUT2D eigenvalue weighted by atomic mass is 9.92. The molecule has 10 nitrogen and oxygen atoms in total. The van der Waals surface area contributed by atoms with Crippen LogP contribution in [0.3, 0.4) is 0 Å². The Hall–Kier alpha value is -4.06. The Morgan fingerprint density at radius 1 is 0.765 bits per heavy atom. The third kappa shape index (κ3) is 10.7. The van der Waals surface area contributed by atoms with Crippen molar-refractivity contribution in [3.05, 3.63) is 124 Å². The number of aromatic nitrogens is 2. The SMILES string of the molecule is O=C(Cn1nc(C(O)NCc2ccc(Cl)cc2)cc1C(=O)N[C@H]1CCCC[C@@H]1OCc1ccccc1)N[C@H]1CCCC[C@@H]1OCc1ccccc1. The minimum Gasteiger partial charge on any atom is -0.373 e. The van der Waals surface area contributed by atoms with Gasteiger partial charge in [0.2, 0.25) is 5.91 Å². The normalized spacial score (nSPS) is 21.1. The maximum absolute atomic E-state index is 14.0. The molecule has 11 heteroatoms. The zero-order chi connectivity index (χ0) is 35.4. The first-order valence-corrected chi connectivity index (χ1v) is 18.4. The van der Waals surface area contributed by atoms with Crippen molar-refractivity contribution in [3.8, 4) is 0 Å². The van der Waals surface area contributed by atoms with E-state index in [9.17, 15) is 14.7 Å². The number of carbonyl (C=O) groups is 2. The zero-order valence-corrected chi connectivity index (χ0v) is 29.6. The summed E-state index contributed by atoms with van der Waals surface area (Å²) in [6.07, 6.45) is 5.89. The number of amides is 2. The van der Waals surface area contributed by atoms with Gasteiger partial charge in [-0.1, -0.05) is 110 Å². The van der Waals surface area contributed by atoms with Crippen molar-refractivity contribution < 1.29 is 24.2 Å². The maximum Gasteiger partial charge on any atom is 0.269 e. The molecule has 1 heterocycles. The molecule has 1 aromatic heterocycles. The molecule has 0 aliphatic heterocycles. The fourth-order valence-electron chi connectivity index (χ4n) is 6.90. The number of carbonyl (C=O) groups excluding carboxylic acids is 2. The van der Waals surface area contributed by atoms with Crippen LogP contribution in [0.25, 0.3) is 0 Å². The van der Waals surface area contributed by atoms with Gasteiger partial charge >= 0.3 is 0 Å². The molecule has 4 aromatic rings. The summed E-state index contributed by atoms with van der Waals surface area (Å²) in [4.78, 5) is 27.5. The van der Waals surface area contributed by atoms with Crippen LogP contribution < -0.4 is 16.0 Å². The van der Waals surface area contributed by atoms with Crippen LogP contribution in [0.4, 0.5) is 0 Å². The standard InChI is InChI=1S/C40H48ClN5O5/c41-31-21-19-28(20-22-31)24-42-39(48)34-23-35(40(49)44-33-16-8-10-18-37(33)51-27-30-13-5-2-6-14-30)46(45-34)25-38(47)43-32-15-7-9-17-36(32)50-26-29-11-3-1-4-12-29/h1-6,11-14,19-23,32-33,36-37,39,42,48H,7-10,15-18,24-27H2,(H,43,47)(H,44,49)/t32-,33-,36-,37-,39?/m0/s1. The summed E-state index contributed by atoms with van der Waals surface area (Å²) in [6.45, 7) is 1.10. The van der Waals surface area contributed by atoms with Crippen molar-refractivity contribution in [2.24, 2.45) is 0 Å². The summed E-state index contributed by atoms with van der Waals surface area (Å²) in [5.74, 6) is -0.641. The van der Waals surface area contributed by atoms with E-state index in [0.717, 1.165) is 68.1 Å². The third-order valence-corrected chi connectivity index (χ3v) is 9.95. The molecule has 51 heavy (non-hydrogen) atoms. The number of halogens is 1. The van der Waals surface area contributed by atoms with Gasteiger partial charge in [-0.15, -0.1) is 0 Å². The molecule has 2 aliphatic carbocycles. The second kappa shape index (κ2) is 18.4. The topological polar surface area (TPSA) is 127 Å². The van der Waals surface area contributed by atoms with E-state index in [4.69, 9.17) is 21.1 Å². The van der Waals surface area contributed by atoms with Crippen LogP contribution in [-0.4, -0.2) is 51.0 Å². The molecule has 2 amide bonds. The predicted molar refractivity (Wildman–Crippen MR) is 196 cm³/mol. The van der Waals surface area contributed by atoms with Crippen molar-refractivity contribution in [1.29, 1.82) is 0 Å². The molecule has 5 atom stereocenters. The van der Waals surface area contributed by atoms with Crippen LogP contribution in [0.2, 0.25) is 5.02 Å². The van der Waals surface area contributed by atoms with Crippen LogP contribution in [0.15, 0.2) is 91.0 Å². The monoisotopic (exact) mass is 713 g/mol. The molecule has 0 spiro atoms. The summed E-state index contributed by atoms with van der Waals surface area (Å²) < 4.78 is 14.0. The Labute approximate surface area is 304 Å². The Morgan fingerprint density at radius 3 is 1.90 bits per heavy atom. The van der Waals surface area contributed by atoms with Crippen LogP contribution in [-0.2, 0) is 40.6 Å². The Morgan fingerprint density at radius 2 is 1.31 bits per heavy atom. The van der Waals surface area contributed by atoms with Gasteiger partial charge < -0.3 is 25.2 Å². The van der Waals surface area contributed by atoms with Gasteiger partial charge in [0.15, 0.2) is 0 Å². The Bertz CT molecular complexity index is 1690. The van der Waals surface area contributed by atoms with Gasteiger partial charge in [-0.25, -0.2) is 0 Å². The zero-order valence-electron chi connectivity index (χ0n) is 28.9. The van der Waals surface area contributed by atoms with Gasteiger partial charge in [-0.05, 0) is 60.6 Å². The van der Waals surface area contributed by atoms with E-state index in [-0.39, 0.29) is 54.0 Å². The first kappa shape index (κ1) is 36.7. The van der Waals surface area contributed by atoms with Gasteiger partial charge in [-0.2, -0.15) is 5.10 Å². The number of benzene rings is 3. The minimum absolute atomic E-state index is 0.114. The largest absolute Gasteiger partial charge is 0.373 e. The van der Waals surface area contributed by atoms with Crippen LogP contribution >= 0.6 is 11.6 Å². The van der Waals surface area contributed by atoms with Crippen molar-refractivity contribution >= 4 is 23.4 Å². The van der Waals surface area contributed by atoms with Crippen LogP contribution in [0, 0.1) is 0 Å². The van der Waals surface area contributed by atoms with Crippen molar-refractivity contribution in [2.75, 3.05) is 0 Å². The molecular weight excluding hydrogens is 666 g/mol. The highest BCUT2D eigenvalue weighted by atomic mass is 35.5. The smallest absolute Gasteiger partial charge is 0.269 e. The summed E-state index contributed by atoms with van der Waals surface area (Å²) in [6, 6.07) is 28.5. The van der Waals surface area contributed by atoms with Crippen LogP contribution in [0.5, 0.6) is 0 Å². The summed E-state index contributed by atoms with van der Waals surface area (Å²) in [7, 11) is 0. The number of nitrogens with one attached hydrogen (secondary N) is 3. The quantitative estimate of drug-likeness (QED) is 0.108. The van der Waals surface area contributed by atoms with Crippen molar-refractivity contribution in [2.45, 2.75) is 108 Å². The molecule has 2 fully saturated rings. The van der Waals surface area contributed by atoms with Gasteiger partial charge in [0.05, 0.1) is 37.5 Å². The van der Waals surface area contributed by atoms with Crippen molar-refractivity contribution in [3.63, 3.8) is 0 Å². The summed E-state index contributed by atoms with van der Waals surface area (Å²) in [5, 5.41) is 25.7. The van der Waals surface area contributed by atoms with E-state index >= 15 is 0 Å². The lowest BCUT2D eigenvalue weighted by molar-refractivity contribution is -0.124. The number of ether oxygens (including phenoxy) is 2. The molecule has 6 rings (SSSR count). The van der Waals surface area contributed by atoms with E-state index in [0.29, 0.717) is 24.8 Å². The highest BCUT2D eigenvalue weighted by molar-refractivity contribution is 6.30. The van der Waals surface area contributed by atoms with Gasteiger partial charge in [-0.3, -0.25) is 19.6 Å². The van der Waals surface area contributed by atoms with Gasteiger partial charge in [0.1, 0.15) is 24.2 Å². The summed E-state index contributed by atoms with van der Waals surface area (Å²) in [5.41, 5.74) is 3.52. The van der Waals surface area contributed by atoms with Crippen LogP contribution in [0.1, 0.15) is 90.5 Å². The molecule has 1 unspecified atom stereocenters. The first-order valence-electron chi connectivity index (χ1n) is 18.1. The minimum atomic E-state index is -1.18. The molecule has 0 saturated heterocycles. The average Bonchev–Trinajstić information content (AvgIpc) is 3.58. The number of rotatable bonds is 15. The Kier molecular flexibility index (Phi) is 13.3. The van der Waals surface area contributed by atoms with E-state index in [1.54, 1.807) is 18.2 Å². The number of hydrogen-bond donors (Lipinski definition) is 4. The second-order valence-electron chi connectivity index (χ2n) is 13.5. The molecule has 2 saturated carbocycles. The van der Waals surface area contributed by atoms with E-state index in [1.165, 1.54) is 4.68 Å². The fourth-order valence-corrected chi connectivity index (χ4v) is 7.03. The number of hydrogen-bond acceptors (Lipinski definition) is 7. The predicted octanol–water partition coefficient (Wildman–Crippen LogP) is 6.22. The fraction of sp³-hybridized carbons (Fsp3) is 0.425. The third-order valence-electron chi connectivity index (χ3n) is 9.70. The number of aliphatic hydroxyl groups excluding tert-OH is 1. The molecule has 3 aromatic carbocycles. The van der Waals surface area contributed by atoms with E-state index < -0.39 is 6.23 Å². The molecule has 2 aliphatic rings. The summed E-state index contributed by atoms with van der Waals surface area (Å²) >= 11 is 6.03. The van der Waals surface area contributed by atoms with Gasteiger partial charge in [0, 0.05) is 11.6 Å². The van der Waals surface area contributed by atoms with Gasteiger partial charge in [0.25, 0.3) is 5.91 Å². The Balaban J connectivity index is 1.14. The number of nitrogens with zero attached hydrogens (tertiary/aromatic N) is 2. The highest BCUT2D eigenvalue weighted by Gasteiger charge is 2.31. The number of aliphatic hydroxyl groups is 1. The molecule has 270 valence electrons. The molecule has 4 N–H and O–H groups in total. The van der Waals surface area contributed by atoms with E-state index in [2.05, 4.69) is 21.0 Å². The lowest BCUT2D eigenvalue weighted by Gasteiger charge is -2.32. The molecule has 0 radical (unpaired) electrons. The second-order valence-corrected chi connectivity index (χ2v) is 14.0. The van der Waals surface area contributed by atoms with Crippen molar-refractivity contribution in [1.82, 2.24) is 25.7 Å². The first-order chi connectivity index (χ1) is 24.9. The maximum atomic E-state index is 14.0. The molecule has 0 bridgehead atoms. The molecular formula is C40H48ClN5O5. The highest BCUT2D eigenvalue weighted by Crippen LogP contribution is 2.25. The lowest BCUT2D eigenvalue weighted by Crippen LogP contribution is -2.48. The average molecular weight is 714 g/mol.